The summed E-state index contributed by atoms with van der Waals surface area (Å²) in [4.78, 5) is 57.4. The van der Waals surface area contributed by atoms with Crippen molar-refractivity contribution in [3.8, 4) is 5.75 Å². The first-order valence-electron chi connectivity index (χ1n) is 12.8. The smallest absolute Gasteiger partial charge is 0.305 e. The molecule has 6 rings (SSSR count). The number of H-pyrrole nitrogens is 1. The summed E-state index contributed by atoms with van der Waals surface area (Å²) in [7, 11) is 0. The number of aromatic amines is 1. The third-order valence-electron chi connectivity index (χ3n) is 7.08. The number of amides is 3. The van der Waals surface area contributed by atoms with Gasteiger partial charge in [0.2, 0.25) is 11.8 Å². The number of aromatic nitrogens is 1. The minimum Gasteiger partial charge on any atom is -0.483 e. The molecule has 3 heterocycles. The Labute approximate surface area is 252 Å². The lowest BCUT2D eigenvalue weighted by Gasteiger charge is -2.31. The van der Waals surface area contributed by atoms with Gasteiger partial charge in [0.25, 0.3) is 5.91 Å². The molecule has 11 heteroatoms. The molecule has 3 atom stereocenters. The zero-order valence-corrected chi connectivity index (χ0v) is 25.2. The average Bonchev–Trinajstić information content (AvgIpc) is 3.42. The van der Waals surface area contributed by atoms with Gasteiger partial charge < -0.3 is 15.0 Å². The van der Waals surface area contributed by atoms with E-state index in [2.05, 4.69) is 26.2 Å². The molecule has 2 N–H and O–H groups in total. The summed E-state index contributed by atoms with van der Waals surface area (Å²) in [6.07, 6.45) is 0. The van der Waals surface area contributed by atoms with Crippen LogP contribution in [0.5, 0.6) is 5.75 Å². The third kappa shape index (κ3) is 5.25. The Balaban J connectivity index is 1.36. The third-order valence-corrected chi connectivity index (χ3v) is 9.98. The molecule has 1 saturated heterocycles. The number of ether oxygens (including phenoxy) is 1. The highest BCUT2D eigenvalue weighted by molar-refractivity contribution is 9.10. The van der Waals surface area contributed by atoms with Gasteiger partial charge in [-0.25, -0.2) is 4.90 Å². The van der Waals surface area contributed by atoms with Crippen LogP contribution in [-0.2, 0) is 14.4 Å². The van der Waals surface area contributed by atoms with Crippen molar-refractivity contribution < 1.29 is 19.1 Å². The Kier molecular flexibility index (Phi) is 7.35. The van der Waals surface area contributed by atoms with Crippen LogP contribution in [0.15, 0.2) is 81.0 Å². The van der Waals surface area contributed by atoms with Gasteiger partial charge in [0.1, 0.15) is 11.0 Å². The molecule has 0 saturated carbocycles. The molecular weight excluding hydrogens is 626 g/mol. The molecule has 8 nitrogen and oxygen atoms in total. The lowest BCUT2D eigenvalue weighted by molar-refractivity contribution is -0.122. The number of carbonyl (C=O) groups is 3. The number of fused-ring (bicyclic) bond motifs is 2. The number of rotatable bonds is 6. The van der Waals surface area contributed by atoms with Gasteiger partial charge in [-0.15, -0.1) is 0 Å². The Morgan fingerprint density at radius 3 is 2.54 bits per heavy atom. The maximum atomic E-state index is 14.0. The fourth-order valence-electron chi connectivity index (χ4n) is 5.26. The molecule has 3 amide bonds. The van der Waals surface area contributed by atoms with Crippen LogP contribution >= 0.6 is 39.0 Å². The van der Waals surface area contributed by atoms with E-state index < -0.39 is 17.1 Å². The summed E-state index contributed by atoms with van der Waals surface area (Å²) in [6, 6.07) is 20.0. The number of nitrogens with zero attached hydrogens (tertiary/aromatic N) is 1. The second-order valence-corrected chi connectivity index (χ2v) is 13.1. The first kappa shape index (κ1) is 27.5. The number of anilines is 2. The van der Waals surface area contributed by atoms with Crippen molar-refractivity contribution in [2.75, 3.05) is 16.8 Å². The van der Waals surface area contributed by atoms with E-state index >= 15 is 0 Å². The highest BCUT2D eigenvalue weighted by Gasteiger charge is 2.56. The second kappa shape index (κ2) is 11.0. The minimum absolute atomic E-state index is 0.266. The van der Waals surface area contributed by atoms with Gasteiger partial charge >= 0.3 is 4.87 Å². The fourth-order valence-corrected chi connectivity index (χ4v) is 8.14. The van der Waals surface area contributed by atoms with Crippen LogP contribution in [0.2, 0.25) is 0 Å². The van der Waals surface area contributed by atoms with Crippen LogP contribution in [0.3, 0.4) is 0 Å². The largest absolute Gasteiger partial charge is 0.483 e. The molecule has 2 aliphatic rings. The van der Waals surface area contributed by atoms with Crippen LogP contribution in [0.1, 0.15) is 27.5 Å². The van der Waals surface area contributed by atoms with E-state index in [9.17, 15) is 19.2 Å². The zero-order chi connectivity index (χ0) is 28.8. The van der Waals surface area contributed by atoms with Gasteiger partial charge in [0, 0.05) is 26.5 Å². The van der Waals surface area contributed by atoms with E-state index in [0.29, 0.717) is 32.6 Å². The van der Waals surface area contributed by atoms with Crippen LogP contribution < -0.4 is 19.8 Å². The van der Waals surface area contributed by atoms with Crippen molar-refractivity contribution in [1.29, 1.82) is 0 Å². The quantitative estimate of drug-likeness (QED) is 0.262. The number of halogens is 1. The first-order chi connectivity index (χ1) is 19.7. The maximum Gasteiger partial charge on any atom is 0.305 e. The molecule has 1 fully saturated rings. The summed E-state index contributed by atoms with van der Waals surface area (Å²) in [5.41, 5.74) is 3.81. The lowest BCUT2D eigenvalue weighted by atomic mass is 9.82. The summed E-state index contributed by atoms with van der Waals surface area (Å²) >= 11 is 5.76. The van der Waals surface area contributed by atoms with E-state index in [1.54, 1.807) is 30.3 Å². The fraction of sp³-hybridized carbons (Fsp3) is 0.200. The molecule has 1 aromatic heterocycles. The van der Waals surface area contributed by atoms with Crippen molar-refractivity contribution >= 4 is 68.1 Å². The highest BCUT2D eigenvalue weighted by Crippen LogP contribution is 2.54. The summed E-state index contributed by atoms with van der Waals surface area (Å²) in [5.74, 6) is -2.03. The number of aryl methyl sites for hydroxylation is 2. The molecule has 0 bridgehead atoms. The topological polar surface area (TPSA) is 109 Å². The number of nitrogens with one attached hydrogen (secondary N) is 2. The van der Waals surface area contributed by atoms with E-state index in [1.165, 1.54) is 16.7 Å². The number of thiazole rings is 1. The summed E-state index contributed by atoms with van der Waals surface area (Å²) in [6.45, 7) is 3.61. The van der Waals surface area contributed by atoms with E-state index in [4.69, 9.17) is 4.74 Å². The molecule has 0 radical (unpaired) electrons. The predicted molar refractivity (Wildman–Crippen MR) is 163 cm³/mol. The number of thioether (sulfide) groups is 1. The highest BCUT2D eigenvalue weighted by atomic mass is 79.9. The number of carbonyl (C=O) groups excluding carboxylic acids is 3. The predicted octanol–water partition coefficient (Wildman–Crippen LogP) is 5.63. The monoisotopic (exact) mass is 649 g/mol. The number of imide groups is 1. The molecule has 0 spiro atoms. The Morgan fingerprint density at radius 1 is 1.00 bits per heavy atom. The number of benzene rings is 3. The molecular formula is C30H24BrN3O5S2. The molecule has 0 aliphatic carbocycles. The van der Waals surface area contributed by atoms with Gasteiger partial charge in [-0.2, -0.15) is 0 Å². The van der Waals surface area contributed by atoms with Crippen molar-refractivity contribution in [1.82, 2.24) is 4.98 Å². The molecule has 4 aromatic rings. The van der Waals surface area contributed by atoms with Crippen LogP contribution in [0.25, 0.3) is 0 Å². The maximum absolute atomic E-state index is 14.0. The SMILES string of the molecule is Cc1ccc(N2C(=O)[C@H]3[C@H](c4cc(Br)ccc4OCC(=O)Nc4cccc(C)c4)c4sc(=O)[nH]c4S[C@H]3C2=O)cc1. The summed E-state index contributed by atoms with van der Waals surface area (Å²) in [5, 5.41) is 2.67. The molecule has 2 aliphatic heterocycles. The second-order valence-electron chi connectivity index (χ2n) is 9.99. The standard InChI is InChI=1S/C30H24BrN3O5S2/c1-15-6-9-19(10-7-15)34-28(36)24-23(25-27(33-30(38)41-25)40-26(24)29(34)37)20-13-17(31)8-11-21(20)39-14-22(35)32-18-5-3-4-16(2)12-18/h3-13,23-24,26H,14H2,1-2H3,(H,32,35)(H,33,38)/t23-,24-,26+/m0/s1. The molecule has 0 unspecified atom stereocenters. The van der Waals surface area contributed by atoms with Crippen molar-refractivity contribution in [2.45, 2.75) is 30.0 Å². The Hall–Kier alpha value is -3.67. The number of hydrogen-bond donors (Lipinski definition) is 2. The molecule has 3 aromatic carbocycles. The van der Waals surface area contributed by atoms with Crippen molar-refractivity contribution in [2.24, 2.45) is 5.92 Å². The average molecular weight is 651 g/mol. The minimum atomic E-state index is -0.773. The zero-order valence-electron chi connectivity index (χ0n) is 22.0. The van der Waals surface area contributed by atoms with E-state index in [1.807, 2.05) is 50.2 Å². The van der Waals surface area contributed by atoms with Gasteiger partial charge in [-0.3, -0.25) is 19.2 Å². The normalized spacial score (nSPS) is 19.6. The molecule has 41 heavy (non-hydrogen) atoms. The Bertz CT molecular complexity index is 1750. The van der Waals surface area contributed by atoms with Crippen LogP contribution in [0, 0.1) is 19.8 Å². The first-order valence-corrected chi connectivity index (χ1v) is 15.3. The summed E-state index contributed by atoms with van der Waals surface area (Å²) < 4.78 is 6.77. The lowest BCUT2D eigenvalue weighted by Crippen LogP contribution is -2.32. The van der Waals surface area contributed by atoms with Gasteiger partial charge in [0.15, 0.2) is 6.61 Å². The van der Waals surface area contributed by atoms with E-state index in [0.717, 1.165) is 26.9 Å². The number of hydrogen-bond acceptors (Lipinski definition) is 7. The Morgan fingerprint density at radius 2 is 1.78 bits per heavy atom. The van der Waals surface area contributed by atoms with Gasteiger partial charge in [-0.05, 0) is 61.9 Å². The van der Waals surface area contributed by atoms with Crippen molar-refractivity contribution in [3.05, 3.63) is 102 Å². The van der Waals surface area contributed by atoms with Gasteiger partial charge in [0.05, 0.1) is 16.6 Å². The van der Waals surface area contributed by atoms with E-state index in [-0.39, 0.29) is 29.2 Å². The van der Waals surface area contributed by atoms with Crippen LogP contribution in [-0.4, -0.2) is 34.6 Å². The van der Waals surface area contributed by atoms with Crippen molar-refractivity contribution in [3.63, 3.8) is 0 Å². The van der Waals surface area contributed by atoms with Gasteiger partial charge in [-0.1, -0.05) is 68.9 Å². The van der Waals surface area contributed by atoms with Crippen LogP contribution in [0.4, 0.5) is 11.4 Å². The molecule has 208 valence electrons.